The fraction of sp³-hybridized carbons (Fsp3) is 0.429. The molecule has 1 unspecified atom stereocenters. The maximum absolute atomic E-state index is 12.1. The van der Waals surface area contributed by atoms with Gasteiger partial charge in [-0.3, -0.25) is 4.79 Å². The minimum absolute atomic E-state index is 0.0377. The number of oxime groups is 1. The molecular weight excluding hydrogens is 258 g/mol. The summed E-state index contributed by atoms with van der Waals surface area (Å²) in [6.07, 6.45) is 2.07. The number of carbonyl (C=O) groups is 1. The number of likely N-dealkylation sites (tertiary alicyclic amines) is 1. The average Bonchev–Trinajstić information content (AvgIpc) is 2.90. The van der Waals surface area contributed by atoms with Crippen molar-refractivity contribution in [1.82, 2.24) is 4.90 Å². The number of benzene rings is 1. The van der Waals surface area contributed by atoms with Gasteiger partial charge in [-0.25, -0.2) is 0 Å². The summed E-state index contributed by atoms with van der Waals surface area (Å²) in [5.74, 6) is 0.356. The second kappa shape index (κ2) is 6.27. The van der Waals surface area contributed by atoms with Crippen molar-refractivity contribution in [2.24, 2.45) is 10.9 Å². The van der Waals surface area contributed by atoms with E-state index in [1.54, 1.807) is 24.3 Å². The number of amidine groups is 1. The summed E-state index contributed by atoms with van der Waals surface area (Å²) in [6.45, 7) is 2.78. The first-order valence-electron chi connectivity index (χ1n) is 6.62. The predicted molar refractivity (Wildman–Crippen MR) is 74.9 cm³/mol. The highest BCUT2D eigenvalue weighted by Gasteiger charge is 2.25. The summed E-state index contributed by atoms with van der Waals surface area (Å²) >= 11 is 0. The van der Waals surface area contributed by atoms with E-state index in [1.165, 1.54) is 0 Å². The van der Waals surface area contributed by atoms with Gasteiger partial charge in [-0.05, 0) is 31.9 Å². The molecule has 6 nitrogen and oxygen atoms in total. The van der Waals surface area contributed by atoms with Crippen LogP contribution in [0.1, 0.15) is 25.3 Å². The van der Waals surface area contributed by atoms with Crippen molar-refractivity contribution in [3.05, 3.63) is 29.8 Å². The lowest BCUT2D eigenvalue weighted by molar-refractivity contribution is -0.133. The van der Waals surface area contributed by atoms with Crippen molar-refractivity contribution < 1.29 is 14.7 Å². The van der Waals surface area contributed by atoms with Gasteiger partial charge in [0.25, 0.3) is 5.91 Å². The van der Waals surface area contributed by atoms with Crippen molar-refractivity contribution in [2.75, 3.05) is 13.2 Å². The van der Waals surface area contributed by atoms with Gasteiger partial charge in [0.1, 0.15) is 5.75 Å². The second-order valence-corrected chi connectivity index (χ2v) is 4.85. The summed E-state index contributed by atoms with van der Waals surface area (Å²) in [5.41, 5.74) is 6.04. The van der Waals surface area contributed by atoms with Gasteiger partial charge in [0, 0.05) is 12.6 Å². The Hall–Kier alpha value is -2.24. The number of amides is 1. The second-order valence-electron chi connectivity index (χ2n) is 4.85. The minimum Gasteiger partial charge on any atom is -0.483 e. The zero-order valence-electron chi connectivity index (χ0n) is 11.5. The van der Waals surface area contributed by atoms with E-state index < -0.39 is 0 Å². The Balaban J connectivity index is 2.02. The van der Waals surface area contributed by atoms with E-state index in [-0.39, 0.29) is 24.4 Å². The normalized spacial score (nSPS) is 19.1. The van der Waals surface area contributed by atoms with E-state index in [2.05, 4.69) is 5.16 Å². The van der Waals surface area contributed by atoms with Crippen LogP contribution in [0.5, 0.6) is 5.75 Å². The molecule has 1 heterocycles. The summed E-state index contributed by atoms with van der Waals surface area (Å²) in [7, 11) is 0. The molecule has 0 aromatic heterocycles. The molecule has 2 rings (SSSR count). The van der Waals surface area contributed by atoms with E-state index in [1.807, 2.05) is 11.8 Å². The molecule has 1 fully saturated rings. The first-order chi connectivity index (χ1) is 9.63. The van der Waals surface area contributed by atoms with Gasteiger partial charge in [-0.1, -0.05) is 17.3 Å². The Kier molecular flexibility index (Phi) is 4.45. The van der Waals surface area contributed by atoms with Crippen LogP contribution in [0.3, 0.4) is 0 Å². The molecule has 1 aliphatic rings. The van der Waals surface area contributed by atoms with Crippen LogP contribution in [0, 0.1) is 0 Å². The van der Waals surface area contributed by atoms with Crippen LogP contribution in [0.4, 0.5) is 0 Å². The molecule has 0 bridgehead atoms. The van der Waals surface area contributed by atoms with Gasteiger partial charge < -0.3 is 20.6 Å². The average molecular weight is 277 g/mol. The molecule has 108 valence electrons. The van der Waals surface area contributed by atoms with Crippen molar-refractivity contribution in [1.29, 1.82) is 0 Å². The van der Waals surface area contributed by atoms with Gasteiger partial charge in [0.05, 0.1) is 5.56 Å². The molecule has 1 aromatic rings. The third-order valence-electron chi connectivity index (χ3n) is 3.50. The lowest BCUT2D eigenvalue weighted by atomic mass is 10.2. The van der Waals surface area contributed by atoms with Crippen molar-refractivity contribution >= 4 is 11.7 Å². The summed E-state index contributed by atoms with van der Waals surface area (Å²) in [6, 6.07) is 7.16. The monoisotopic (exact) mass is 277 g/mol. The molecular formula is C14H19N3O3. The first-order valence-corrected chi connectivity index (χ1v) is 6.62. The lowest BCUT2D eigenvalue weighted by Crippen LogP contribution is -2.37. The Morgan fingerprint density at radius 1 is 1.55 bits per heavy atom. The molecule has 20 heavy (non-hydrogen) atoms. The molecule has 1 atom stereocenters. The smallest absolute Gasteiger partial charge is 0.260 e. The van der Waals surface area contributed by atoms with Gasteiger partial charge in [0.2, 0.25) is 0 Å². The quantitative estimate of drug-likeness (QED) is 0.374. The third-order valence-corrected chi connectivity index (χ3v) is 3.50. The Morgan fingerprint density at radius 3 is 2.95 bits per heavy atom. The van der Waals surface area contributed by atoms with Crippen LogP contribution in [-0.4, -0.2) is 41.0 Å². The van der Waals surface area contributed by atoms with Crippen LogP contribution in [0.2, 0.25) is 0 Å². The third kappa shape index (κ3) is 3.01. The van der Waals surface area contributed by atoms with Crippen molar-refractivity contribution in [3.63, 3.8) is 0 Å². The fourth-order valence-electron chi connectivity index (χ4n) is 2.38. The highest BCUT2D eigenvalue weighted by Crippen LogP contribution is 2.19. The van der Waals surface area contributed by atoms with Gasteiger partial charge in [-0.15, -0.1) is 0 Å². The van der Waals surface area contributed by atoms with Crippen molar-refractivity contribution in [2.45, 2.75) is 25.8 Å². The van der Waals surface area contributed by atoms with Crippen LogP contribution < -0.4 is 10.5 Å². The molecule has 0 radical (unpaired) electrons. The number of nitrogens with two attached hydrogens (primary N) is 1. The van der Waals surface area contributed by atoms with E-state index in [4.69, 9.17) is 15.7 Å². The highest BCUT2D eigenvalue weighted by molar-refractivity contribution is 5.99. The van der Waals surface area contributed by atoms with Crippen LogP contribution >= 0.6 is 0 Å². The molecule has 1 aromatic carbocycles. The molecule has 1 aliphatic heterocycles. The summed E-state index contributed by atoms with van der Waals surface area (Å²) in [4.78, 5) is 13.9. The highest BCUT2D eigenvalue weighted by atomic mass is 16.5. The SMILES string of the molecule is CC1CCCN1C(=O)COc1ccccc1/C(N)=N/O. The van der Waals surface area contributed by atoms with Gasteiger partial charge in [-0.2, -0.15) is 0 Å². The number of para-hydroxylation sites is 1. The molecule has 6 heteroatoms. The zero-order chi connectivity index (χ0) is 14.5. The molecule has 0 saturated carbocycles. The van der Waals surface area contributed by atoms with Crippen LogP contribution in [0.15, 0.2) is 29.4 Å². The number of ether oxygens (including phenoxy) is 1. The van der Waals surface area contributed by atoms with Crippen LogP contribution in [-0.2, 0) is 4.79 Å². The summed E-state index contributed by atoms with van der Waals surface area (Å²) in [5, 5.41) is 11.7. The molecule has 0 spiro atoms. The van der Waals surface area contributed by atoms with Crippen LogP contribution in [0.25, 0.3) is 0 Å². The molecule has 0 aliphatic carbocycles. The number of hydrogen-bond donors (Lipinski definition) is 2. The van der Waals surface area contributed by atoms with E-state index in [0.29, 0.717) is 11.3 Å². The predicted octanol–water partition coefficient (Wildman–Crippen LogP) is 1.17. The number of rotatable bonds is 4. The fourth-order valence-corrected chi connectivity index (χ4v) is 2.38. The zero-order valence-corrected chi connectivity index (χ0v) is 11.5. The topological polar surface area (TPSA) is 88.2 Å². The maximum Gasteiger partial charge on any atom is 0.260 e. The number of nitrogens with zero attached hydrogens (tertiary/aromatic N) is 2. The van der Waals surface area contributed by atoms with E-state index in [0.717, 1.165) is 19.4 Å². The van der Waals surface area contributed by atoms with Crippen molar-refractivity contribution in [3.8, 4) is 5.75 Å². The minimum atomic E-state index is -0.0416. The van der Waals surface area contributed by atoms with E-state index >= 15 is 0 Å². The molecule has 1 saturated heterocycles. The standard InChI is InChI=1S/C14H19N3O3/c1-10-5-4-8-17(10)13(18)9-20-12-7-3-2-6-11(12)14(15)16-19/h2-3,6-7,10,19H,4-5,8-9H2,1H3,(H2,15,16). The lowest BCUT2D eigenvalue weighted by Gasteiger charge is -2.21. The van der Waals surface area contributed by atoms with Gasteiger partial charge in [0.15, 0.2) is 12.4 Å². The maximum atomic E-state index is 12.1. The Morgan fingerprint density at radius 2 is 2.30 bits per heavy atom. The molecule has 1 amide bonds. The summed E-state index contributed by atoms with van der Waals surface area (Å²) < 4.78 is 5.52. The Bertz CT molecular complexity index is 516. The molecule has 3 N–H and O–H groups in total. The van der Waals surface area contributed by atoms with E-state index in [9.17, 15) is 4.79 Å². The first kappa shape index (κ1) is 14.2. The number of carbonyl (C=O) groups excluding carboxylic acids is 1. The Labute approximate surface area is 117 Å². The number of hydrogen-bond acceptors (Lipinski definition) is 4. The van der Waals surface area contributed by atoms with Gasteiger partial charge >= 0.3 is 0 Å². The largest absolute Gasteiger partial charge is 0.483 e.